The van der Waals surface area contributed by atoms with Crippen molar-refractivity contribution in [2.75, 3.05) is 25.0 Å². The van der Waals surface area contributed by atoms with Gasteiger partial charge in [0.15, 0.2) is 0 Å². The normalized spacial score (nSPS) is 26.4. The first-order chi connectivity index (χ1) is 13.5. The van der Waals surface area contributed by atoms with E-state index in [2.05, 4.69) is 34.7 Å². The summed E-state index contributed by atoms with van der Waals surface area (Å²) in [6.07, 6.45) is 5.29. The third-order valence-electron chi connectivity index (χ3n) is 6.37. The lowest BCUT2D eigenvalue weighted by atomic mass is 9.78. The molecule has 0 radical (unpaired) electrons. The van der Waals surface area contributed by atoms with Gasteiger partial charge < -0.3 is 16.0 Å². The Morgan fingerprint density at radius 1 is 1.00 bits per heavy atom. The molecule has 3 unspecified atom stereocenters. The van der Waals surface area contributed by atoms with Crippen LogP contribution in [0.25, 0.3) is 0 Å². The van der Waals surface area contributed by atoms with Gasteiger partial charge in [-0.3, -0.25) is 9.69 Å². The van der Waals surface area contributed by atoms with Gasteiger partial charge in [-0.2, -0.15) is 0 Å². The number of likely N-dealkylation sites (tertiary alicyclic amines) is 1. The van der Waals surface area contributed by atoms with Gasteiger partial charge in [0.05, 0.1) is 6.54 Å². The second-order valence-electron chi connectivity index (χ2n) is 8.46. The summed E-state index contributed by atoms with van der Waals surface area (Å²) in [5.41, 5.74) is 0.826. The highest BCUT2D eigenvalue weighted by molar-refractivity contribution is 5.92. The molecule has 6 heteroatoms. The molecule has 154 valence electrons. The van der Waals surface area contributed by atoms with E-state index in [-0.39, 0.29) is 24.0 Å². The minimum atomic E-state index is -0.0359. The number of benzene rings is 1. The highest BCUT2D eigenvalue weighted by Gasteiger charge is 2.29. The zero-order valence-electron chi connectivity index (χ0n) is 17.1. The number of nitrogens with one attached hydrogen (secondary N) is 3. The number of piperidine rings is 1. The Morgan fingerprint density at radius 3 is 2.43 bits per heavy atom. The number of nitrogens with zero attached hydrogens (tertiary/aromatic N) is 1. The topological polar surface area (TPSA) is 73.5 Å². The predicted molar refractivity (Wildman–Crippen MR) is 112 cm³/mol. The number of carbonyl (C=O) groups is 2. The molecule has 0 bridgehead atoms. The molecular weight excluding hydrogens is 352 g/mol. The van der Waals surface area contributed by atoms with Crippen LogP contribution in [-0.4, -0.2) is 48.6 Å². The largest absolute Gasteiger partial charge is 0.335 e. The van der Waals surface area contributed by atoms with Gasteiger partial charge in [-0.05, 0) is 43.2 Å². The number of amides is 3. The number of para-hydroxylation sites is 1. The summed E-state index contributed by atoms with van der Waals surface area (Å²) >= 11 is 0. The molecule has 3 rings (SSSR count). The Hall–Kier alpha value is -2.08. The van der Waals surface area contributed by atoms with Gasteiger partial charge in [0.25, 0.3) is 0 Å². The van der Waals surface area contributed by atoms with Crippen molar-refractivity contribution in [3.63, 3.8) is 0 Å². The molecule has 1 saturated heterocycles. The summed E-state index contributed by atoms with van der Waals surface area (Å²) in [6, 6.07) is 9.96. The molecule has 0 spiro atoms. The molecule has 1 aliphatic heterocycles. The first-order valence-electron chi connectivity index (χ1n) is 10.7. The van der Waals surface area contributed by atoms with Crippen LogP contribution in [0.4, 0.5) is 10.5 Å². The van der Waals surface area contributed by atoms with E-state index < -0.39 is 0 Å². The molecule has 1 aromatic rings. The third kappa shape index (κ3) is 5.96. The maximum absolute atomic E-state index is 12.4. The maximum atomic E-state index is 12.4. The van der Waals surface area contributed by atoms with Crippen molar-refractivity contribution in [3.05, 3.63) is 30.3 Å². The average Bonchev–Trinajstić information content (AvgIpc) is 2.68. The van der Waals surface area contributed by atoms with E-state index >= 15 is 0 Å². The molecule has 3 atom stereocenters. The highest BCUT2D eigenvalue weighted by Crippen LogP contribution is 2.29. The summed E-state index contributed by atoms with van der Waals surface area (Å²) in [5, 5.41) is 9.25. The number of hydrogen-bond acceptors (Lipinski definition) is 3. The minimum Gasteiger partial charge on any atom is -0.335 e. The average molecular weight is 387 g/mol. The Morgan fingerprint density at radius 2 is 1.71 bits per heavy atom. The van der Waals surface area contributed by atoms with Crippen LogP contribution < -0.4 is 16.0 Å². The van der Waals surface area contributed by atoms with E-state index in [1.165, 1.54) is 12.8 Å². The molecule has 2 aliphatic rings. The summed E-state index contributed by atoms with van der Waals surface area (Å²) in [4.78, 5) is 26.7. The highest BCUT2D eigenvalue weighted by atomic mass is 16.2. The van der Waals surface area contributed by atoms with Crippen molar-refractivity contribution in [2.24, 2.45) is 11.8 Å². The Kier molecular flexibility index (Phi) is 7.31. The zero-order valence-corrected chi connectivity index (χ0v) is 17.1. The van der Waals surface area contributed by atoms with Crippen LogP contribution in [0.15, 0.2) is 30.3 Å². The fourth-order valence-electron chi connectivity index (χ4n) is 4.34. The van der Waals surface area contributed by atoms with Crippen LogP contribution in [0.2, 0.25) is 0 Å². The second-order valence-corrected chi connectivity index (χ2v) is 8.46. The smallest absolute Gasteiger partial charge is 0.315 e. The Balaban J connectivity index is 1.35. The minimum absolute atomic E-state index is 0.00996. The van der Waals surface area contributed by atoms with Crippen molar-refractivity contribution in [1.82, 2.24) is 15.5 Å². The van der Waals surface area contributed by atoms with Crippen molar-refractivity contribution in [2.45, 2.75) is 58.0 Å². The SMILES string of the molecule is CC1CCCC(NC(=O)NC2CCN(CC(=O)Nc3ccccc3)CC2)C1C. The van der Waals surface area contributed by atoms with E-state index in [1.54, 1.807) is 0 Å². The van der Waals surface area contributed by atoms with Crippen LogP contribution in [0.1, 0.15) is 46.0 Å². The molecule has 1 aliphatic carbocycles. The molecule has 6 nitrogen and oxygen atoms in total. The lowest BCUT2D eigenvalue weighted by Crippen LogP contribution is -2.52. The first-order valence-corrected chi connectivity index (χ1v) is 10.7. The van der Waals surface area contributed by atoms with E-state index in [9.17, 15) is 9.59 Å². The van der Waals surface area contributed by atoms with Crippen molar-refractivity contribution >= 4 is 17.6 Å². The fraction of sp³-hybridized carbons (Fsp3) is 0.636. The lowest BCUT2D eigenvalue weighted by molar-refractivity contribution is -0.117. The number of rotatable bonds is 5. The molecule has 1 saturated carbocycles. The van der Waals surface area contributed by atoms with E-state index in [0.29, 0.717) is 18.4 Å². The molecule has 0 aromatic heterocycles. The lowest BCUT2D eigenvalue weighted by Gasteiger charge is -2.36. The van der Waals surface area contributed by atoms with Crippen molar-refractivity contribution in [3.8, 4) is 0 Å². The maximum Gasteiger partial charge on any atom is 0.315 e. The van der Waals surface area contributed by atoms with Crippen LogP contribution in [0.5, 0.6) is 0 Å². The summed E-state index contributed by atoms with van der Waals surface area (Å²) in [7, 11) is 0. The van der Waals surface area contributed by atoms with Gasteiger partial charge in [0.2, 0.25) is 5.91 Å². The second kappa shape index (κ2) is 9.92. The molecule has 1 aromatic carbocycles. The quantitative estimate of drug-likeness (QED) is 0.727. The third-order valence-corrected chi connectivity index (χ3v) is 6.37. The van der Waals surface area contributed by atoms with Gasteiger partial charge >= 0.3 is 6.03 Å². The summed E-state index contributed by atoms with van der Waals surface area (Å²) in [6.45, 7) is 6.56. The molecule has 3 amide bonds. The summed E-state index contributed by atoms with van der Waals surface area (Å²) < 4.78 is 0. The van der Waals surface area contributed by atoms with Crippen molar-refractivity contribution in [1.29, 1.82) is 0 Å². The first kappa shape index (κ1) is 20.6. The fourth-order valence-corrected chi connectivity index (χ4v) is 4.34. The molecule has 1 heterocycles. The van der Waals surface area contributed by atoms with Gasteiger partial charge in [-0.15, -0.1) is 0 Å². The molecular formula is C22H34N4O2. The van der Waals surface area contributed by atoms with Crippen LogP contribution in [-0.2, 0) is 4.79 Å². The monoisotopic (exact) mass is 386 g/mol. The van der Waals surface area contributed by atoms with Crippen molar-refractivity contribution < 1.29 is 9.59 Å². The standard InChI is InChI=1S/C22H34N4O2/c1-16-7-6-10-20(17(16)2)25-22(28)24-19-11-13-26(14-12-19)15-21(27)23-18-8-4-3-5-9-18/h3-5,8-9,16-17,19-20H,6-7,10-15H2,1-2H3,(H,23,27)(H2,24,25,28). The molecule has 2 fully saturated rings. The molecule has 3 N–H and O–H groups in total. The van der Waals surface area contributed by atoms with Crippen LogP contribution >= 0.6 is 0 Å². The van der Waals surface area contributed by atoms with Gasteiger partial charge in [0.1, 0.15) is 0 Å². The van der Waals surface area contributed by atoms with Crippen LogP contribution in [0, 0.1) is 11.8 Å². The predicted octanol–water partition coefficient (Wildman–Crippen LogP) is 3.21. The Labute approximate surface area is 168 Å². The number of carbonyl (C=O) groups excluding carboxylic acids is 2. The number of anilines is 1. The summed E-state index contributed by atoms with van der Waals surface area (Å²) in [5.74, 6) is 1.21. The zero-order chi connectivity index (χ0) is 19.9. The number of hydrogen-bond donors (Lipinski definition) is 3. The van der Waals surface area contributed by atoms with E-state index in [1.807, 2.05) is 30.3 Å². The van der Waals surface area contributed by atoms with Gasteiger partial charge in [0, 0.05) is 30.9 Å². The van der Waals surface area contributed by atoms with Gasteiger partial charge in [-0.1, -0.05) is 44.9 Å². The van der Waals surface area contributed by atoms with Crippen LogP contribution in [0.3, 0.4) is 0 Å². The van der Waals surface area contributed by atoms with E-state index in [0.717, 1.165) is 38.0 Å². The molecule has 28 heavy (non-hydrogen) atoms. The van der Waals surface area contributed by atoms with Gasteiger partial charge in [-0.25, -0.2) is 4.79 Å². The Bertz CT molecular complexity index is 643. The van der Waals surface area contributed by atoms with E-state index in [4.69, 9.17) is 0 Å². The number of urea groups is 1.